The van der Waals surface area contributed by atoms with Crippen LogP contribution in [0.5, 0.6) is 0 Å². The molecule has 0 aromatic heterocycles. The first-order valence-corrected chi connectivity index (χ1v) is 8.74. The molecular formula is C8H18OSSi. The van der Waals surface area contributed by atoms with E-state index >= 15 is 0 Å². The van der Waals surface area contributed by atoms with Crippen LogP contribution in [-0.2, 0) is 4.79 Å². The Morgan fingerprint density at radius 2 is 1.91 bits per heavy atom. The topological polar surface area (TPSA) is 17.1 Å². The number of carbonyl (C=O) groups excluding carboxylic acids is 1. The maximum Gasteiger partial charge on any atom is 0.185 e. The molecule has 0 aromatic carbocycles. The lowest BCUT2D eigenvalue weighted by Crippen LogP contribution is -2.19. The summed E-state index contributed by atoms with van der Waals surface area (Å²) in [5, 5.41) is 0.251. The molecule has 0 spiro atoms. The molecule has 66 valence electrons. The van der Waals surface area contributed by atoms with Gasteiger partial charge < -0.3 is 0 Å². The number of hydrogen-bond acceptors (Lipinski definition) is 2. The molecule has 1 nitrogen and oxygen atoms in total. The first kappa shape index (κ1) is 11.2. The molecule has 0 bridgehead atoms. The highest BCUT2D eigenvalue weighted by atomic mass is 32.2. The first-order valence-electron chi connectivity index (χ1n) is 4.05. The molecule has 0 radical (unpaired) electrons. The largest absolute Gasteiger partial charge is 0.288 e. The zero-order chi connectivity index (χ0) is 8.91. The van der Waals surface area contributed by atoms with Gasteiger partial charge in [0, 0.05) is 20.8 Å². The molecule has 3 heteroatoms. The third-order valence-electron chi connectivity index (χ3n) is 1.38. The number of rotatable bonds is 4. The maximum atomic E-state index is 10.5. The summed E-state index contributed by atoms with van der Waals surface area (Å²) in [7, 11) is -0.854. The zero-order valence-electron chi connectivity index (χ0n) is 7.94. The van der Waals surface area contributed by atoms with Crippen molar-refractivity contribution in [2.24, 2.45) is 0 Å². The summed E-state index contributed by atoms with van der Waals surface area (Å²) in [5.74, 6) is 1.01. The molecule has 0 aliphatic heterocycles. The molecule has 0 aliphatic carbocycles. The molecule has 11 heavy (non-hydrogen) atoms. The van der Waals surface area contributed by atoms with Gasteiger partial charge in [0.05, 0.1) is 0 Å². The van der Waals surface area contributed by atoms with E-state index in [9.17, 15) is 4.79 Å². The Balaban J connectivity index is 3.22. The Morgan fingerprint density at radius 1 is 1.36 bits per heavy atom. The van der Waals surface area contributed by atoms with Crippen molar-refractivity contribution in [3.05, 3.63) is 0 Å². The summed E-state index contributed by atoms with van der Waals surface area (Å²) >= 11 is 1.46. The van der Waals surface area contributed by atoms with Crippen LogP contribution in [0, 0.1) is 0 Å². The molecule has 0 unspecified atom stereocenters. The summed E-state index contributed by atoms with van der Waals surface area (Å²) in [6, 6.07) is 1.34. The van der Waals surface area contributed by atoms with E-state index in [1.807, 2.05) is 0 Å². The van der Waals surface area contributed by atoms with E-state index in [1.165, 1.54) is 24.2 Å². The molecular weight excluding hydrogens is 172 g/mol. The van der Waals surface area contributed by atoms with Gasteiger partial charge in [-0.05, 0) is 6.42 Å². The van der Waals surface area contributed by atoms with E-state index in [4.69, 9.17) is 0 Å². The fourth-order valence-electron chi connectivity index (χ4n) is 0.818. The van der Waals surface area contributed by atoms with Crippen molar-refractivity contribution in [2.45, 2.75) is 39.0 Å². The van der Waals surface area contributed by atoms with Gasteiger partial charge in [0.1, 0.15) is 0 Å². The Labute approximate surface area is 75.0 Å². The quantitative estimate of drug-likeness (QED) is 0.501. The summed E-state index contributed by atoms with van der Waals surface area (Å²) in [6.07, 6.45) is 1.21. The maximum absolute atomic E-state index is 10.5. The standard InChI is InChI=1S/C8H18OSSi/c1-8(9)10-6-5-7-11(2,3)4/h5-7H2,1-4H3. The molecule has 0 aromatic rings. The van der Waals surface area contributed by atoms with Crippen LogP contribution in [-0.4, -0.2) is 18.9 Å². The molecule has 0 fully saturated rings. The van der Waals surface area contributed by atoms with Crippen LogP contribution in [0.3, 0.4) is 0 Å². The van der Waals surface area contributed by atoms with E-state index in [0.717, 1.165) is 5.75 Å². The van der Waals surface area contributed by atoms with Gasteiger partial charge in [-0.15, -0.1) is 0 Å². The van der Waals surface area contributed by atoms with E-state index in [0.29, 0.717) is 0 Å². The molecule has 0 amide bonds. The SMILES string of the molecule is CC(=O)SCCC[Si](C)(C)C. The second-order valence-corrected chi connectivity index (χ2v) is 10.9. The number of carbonyl (C=O) groups is 1. The lowest BCUT2D eigenvalue weighted by molar-refractivity contribution is -0.109. The van der Waals surface area contributed by atoms with Crippen molar-refractivity contribution < 1.29 is 4.79 Å². The van der Waals surface area contributed by atoms with Crippen molar-refractivity contribution in [1.29, 1.82) is 0 Å². The minimum Gasteiger partial charge on any atom is -0.288 e. The van der Waals surface area contributed by atoms with Crippen LogP contribution in [0.4, 0.5) is 0 Å². The molecule has 0 N–H and O–H groups in total. The summed E-state index contributed by atoms with van der Waals surface area (Å²) in [6.45, 7) is 8.74. The van der Waals surface area contributed by atoms with Crippen molar-refractivity contribution in [3.8, 4) is 0 Å². The van der Waals surface area contributed by atoms with E-state index in [-0.39, 0.29) is 5.12 Å². The normalized spacial score (nSPS) is 11.6. The Kier molecular flexibility index (Phi) is 5.09. The molecule has 0 aliphatic rings. The van der Waals surface area contributed by atoms with Gasteiger partial charge >= 0.3 is 0 Å². The van der Waals surface area contributed by atoms with Crippen LogP contribution in [0.15, 0.2) is 0 Å². The summed E-state index contributed by atoms with van der Waals surface area (Å²) in [4.78, 5) is 10.5. The van der Waals surface area contributed by atoms with E-state index in [2.05, 4.69) is 19.6 Å². The van der Waals surface area contributed by atoms with Crippen molar-refractivity contribution in [1.82, 2.24) is 0 Å². The summed E-state index contributed by atoms with van der Waals surface area (Å²) in [5.41, 5.74) is 0. The third kappa shape index (κ3) is 10.2. The third-order valence-corrected chi connectivity index (χ3v) is 4.13. The zero-order valence-corrected chi connectivity index (χ0v) is 9.75. The van der Waals surface area contributed by atoms with Crippen molar-refractivity contribution >= 4 is 25.0 Å². The number of hydrogen-bond donors (Lipinski definition) is 0. The summed E-state index contributed by atoms with van der Waals surface area (Å²) < 4.78 is 0. The van der Waals surface area contributed by atoms with Crippen molar-refractivity contribution in [3.63, 3.8) is 0 Å². The van der Waals surface area contributed by atoms with Gasteiger partial charge in [0.2, 0.25) is 0 Å². The molecule has 0 heterocycles. The van der Waals surface area contributed by atoms with Crippen LogP contribution in [0.1, 0.15) is 13.3 Å². The smallest absolute Gasteiger partial charge is 0.185 e. The molecule has 0 saturated carbocycles. The highest BCUT2D eigenvalue weighted by Crippen LogP contribution is 2.14. The average Bonchev–Trinajstić information content (AvgIpc) is 1.78. The second kappa shape index (κ2) is 4.98. The van der Waals surface area contributed by atoms with E-state index < -0.39 is 8.07 Å². The lowest BCUT2D eigenvalue weighted by atomic mass is 10.6. The average molecular weight is 190 g/mol. The monoisotopic (exact) mass is 190 g/mol. The van der Waals surface area contributed by atoms with Gasteiger partial charge in [0.15, 0.2) is 5.12 Å². The Morgan fingerprint density at radius 3 is 2.27 bits per heavy atom. The highest BCUT2D eigenvalue weighted by Gasteiger charge is 2.11. The minimum atomic E-state index is -0.854. The second-order valence-electron chi connectivity index (χ2n) is 4.00. The number of thioether (sulfide) groups is 1. The fraction of sp³-hybridized carbons (Fsp3) is 0.875. The van der Waals surface area contributed by atoms with Gasteiger partial charge in [-0.1, -0.05) is 37.4 Å². The minimum absolute atomic E-state index is 0.251. The Bertz CT molecular complexity index is 129. The van der Waals surface area contributed by atoms with Crippen LogP contribution in [0.2, 0.25) is 25.7 Å². The molecule has 0 atom stereocenters. The molecule has 0 rings (SSSR count). The van der Waals surface area contributed by atoms with Gasteiger partial charge in [-0.25, -0.2) is 0 Å². The van der Waals surface area contributed by atoms with Gasteiger partial charge in [-0.3, -0.25) is 4.79 Å². The lowest BCUT2D eigenvalue weighted by Gasteiger charge is -2.14. The van der Waals surface area contributed by atoms with Crippen LogP contribution in [0.25, 0.3) is 0 Å². The Hall–Kier alpha value is 0.237. The van der Waals surface area contributed by atoms with Crippen LogP contribution >= 0.6 is 11.8 Å². The predicted octanol–water partition coefficient (Wildman–Crippen LogP) is 2.99. The van der Waals surface area contributed by atoms with Gasteiger partial charge in [0.25, 0.3) is 0 Å². The highest BCUT2D eigenvalue weighted by molar-refractivity contribution is 8.13. The molecule has 0 saturated heterocycles. The van der Waals surface area contributed by atoms with Crippen LogP contribution < -0.4 is 0 Å². The fourth-order valence-corrected chi connectivity index (χ4v) is 2.89. The van der Waals surface area contributed by atoms with E-state index in [1.54, 1.807) is 6.92 Å². The van der Waals surface area contributed by atoms with Gasteiger partial charge in [-0.2, -0.15) is 0 Å². The van der Waals surface area contributed by atoms with Crippen molar-refractivity contribution in [2.75, 3.05) is 5.75 Å². The first-order chi connectivity index (χ1) is 4.92. The predicted molar refractivity (Wildman–Crippen MR) is 55.9 cm³/mol.